The largest absolute Gasteiger partial charge is 0.490 e. The fraction of sp³-hybridized carbons (Fsp3) is 0.231. The van der Waals surface area contributed by atoms with Crippen molar-refractivity contribution in [2.45, 2.75) is 6.92 Å². The van der Waals surface area contributed by atoms with Gasteiger partial charge < -0.3 is 15.4 Å². The highest BCUT2D eigenvalue weighted by atomic mass is 35.5. The molecule has 0 saturated heterocycles. The van der Waals surface area contributed by atoms with Gasteiger partial charge in [-0.1, -0.05) is 11.6 Å². The molecule has 0 amide bonds. The number of rotatable bonds is 5. The normalized spacial score (nSPS) is 10.1. The van der Waals surface area contributed by atoms with Gasteiger partial charge in [-0.2, -0.15) is 0 Å². The Balaban J connectivity index is 2.28. The van der Waals surface area contributed by atoms with Crippen molar-refractivity contribution in [2.24, 2.45) is 0 Å². The van der Waals surface area contributed by atoms with Crippen LogP contribution in [0.4, 0.5) is 17.3 Å². The van der Waals surface area contributed by atoms with Crippen LogP contribution in [0, 0.1) is 0 Å². The zero-order valence-corrected chi connectivity index (χ0v) is 11.5. The van der Waals surface area contributed by atoms with Gasteiger partial charge >= 0.3 is 0 Å². The van der Waals surface area contributed by atoms with E-state index in [1.807, 2.05) is 31.2 Å². The minimum absolute atomic E-state index is 0.583. The summed E-state index contributed by atoms with van der Waals surface area (Å²) in [5.41, 5.74) is 0.879. The van der Waals surface area contributed by atoms with Gasteiger partial charge in [0.2, 0.25) is 5.75 Å². The summed E-state index contributed by atoms with van der Waals surface area (Å²) in [6, 6.07) is 7.36. The van der Waals surface area contributed by atoms with E-state index in [9.17, 15) is 0 Å². The third-order valence-electron chi connectivity index (χ3n) is 2.46. The summed E-state index contributed by atoms with van der Waals surface area (Å²) < 4.78 is 5.35. The average molecular weight is 279 g/mol. The Morgan fingerprint density at radius 2 is 1.84 bits per heavy atom. The molecule has 0 fully saturated rings. The van der Waals surface area contributed by atoms with Crippen molar-refractivity contribution in [3.05, 3.63) is 35.6 Å². The Morgan fingerprint density at radius 3 is 2.47 bits per heavy atom. The van der Waals surface area contributed by atoms with Crippen LogP contribution in [0.1, 0.15) is 6.92 Å². The molecule has 19 heavy (non-hydrogen) atoms. The molecule has 0 saturated carbocycles. The lowest BCUT2D eigenvalue weighted by Crippen LogP contribution is -2.05. The summed E-state index contributed by atoms with van der Waals surface area (Å²) in [6.07, 6.45) is 1.48. The summed E-state index contributed by atoms with van der Waals surface area (Å²) in [5.74, 6) is 1.85. The van der Waals surface area contributed by atoms with E-state index in [1.165, 1.54) is 6.33 Å². The Labute approximate surface area is 117 Å². The summed E-state index contributed by atoms with van der Waals surface area (Å²) in [4.78, 5) is 8.34. The maximum absolute atomic E-state index is 5.85. The molecule has 1 heterocycles. The molecule has 1 aromatic heterocycles. The molecule has 0 bridgehead atoms. The molecule has 100 valence electrons. The summed E-state index contributed by atoms with van der Waals surface area (Å²) in [5, 5.41) is 6.99. The van der Waals surface area contributed by atoms with E-state index in [1.54, 1.807) is 7.11 Å². The monoisotopic (exact) mass is 278 g/mol. The van der Waals surface area contributed by atoms with Gasteiger partial charge in [-0.25, -0.2) is 9.97 Å². The van der Waals surface area contributed by atoms with E-state index in [4.69, 9.17) is 16.3 Å². The fourth-order valence-electron chi connectivity index (χ4n) is 1.62. The van der Waals surface area contributed by atoms with Crippen LogP contribution in [-0.2, 0) is 0 Å². The number of aromatic nitrogens is 2. The Kier molecular flexibility index (Phi) is 4.41. The molecule has 0 aliphatic carbocycles. The Hall–Kier alpha value is -2.01. The van der Waals surface area contributed by atoms with Crippen molar-refractivity contribution in [3.63, 3.8) is 0 Å². The molecule has 2 aromatic rings. The highest BCUT2D eigenvalue weighted by Gasteiger charge is 2.11. The number of ether oxygens (including phenoxy) is 1. The zero-order chi connectivity index (χ0) is 13.7. The van der Waals surface area contributed by atoms with Crippen LogP contribution in [0.2, 0.25) is 5.02 Å². The van der Waals surface area contributed by atoms with Crippen molar-refractivity contribution in [3.8, 4) is 5.75 Å². The predicted octanol–water partition coefficient (Wildman–Crippen LogP) is 3.31. The third-order valence-corrected chi connectivity index (χ3v) is 2.71. The lowest BCUT2D eigenvalue weighted by molar-refractivity contribution is 0.415. The van der Waals surface area contributed by atoms with Crippen molar-refractivity contribution in [1.82, 2.24) is 9.97 Å². The Bertz CT molecular complexity index is 545. The molecule has 0 spiro atoms. The van der Waals surface area contributed by atoms with Gasteiger partial charge in [0.25, 0.3) is 0 Å². The summed E-state index contributed by atoms with van der Waals surface area (Å²) >= 11 is 5.85. The molecule has 0 aliphatic rings. The molecule has 0 aliphatic heterocycles. The molecule has 0 radical (unpaired) electrons. The molecule has 2 N–H and O–H groups in total. The highest BCUT2D eigenvalue weighted by molar-refractivity contribution is 6.30. The van der Waals surface area contributed by atoms with Crippen LogP contribution in [-0.4, -0.2) is 23.6 Å². The van der Waals surface area contributed by atoms with E-state index in [-0.39, 0.29) is 0 Å². The van der Waals surface area contributed by atoms with Crippen LogP contribution in [0.25, 0.3) is 0 Å². The fourth-order valence-corrected chi connectivity index (χ4v) is 1.75. The van der Waals surface area contributed by atoms with Crippen LogP contribution < -0.4 is 15.4 Å². The van der Waals surface area contributed by atoms with E-state index < -0.39 is 0 Å². The van der Waals surface area contributed by atoms with Crippen LogP contribution in [0.3, 0.4) is 0 Å². The molecular formula is C13H15ClN4O. The van der Waals surface area contributed by atoms with E-state index >= 15 is 0 Å². The third kappa shape index (κ3) is 3.26. The number of hydrogen-bond donors (Lipinski definition) is 2. The number of halogens is 1. The number of benzene rings is 1. The topological polar surface area (TPSA) is 59.1 Å². The minimum atomic E-state index is 0.583. The molecule has 2 rings (SSSR count). The Morgan fingerprint density at radius 1 is 1.16 bits per heavy atom. The van der Waals surface area contributed by atoms with Crippen molar-refractivity contribution >= 4 is 28.9 Å². The van der Waals surface area contributed by atoms with Gasteiger partial charge in [0.1, 0.15) is 6.33 Å². The maximum Gasteiger partial charge on any atom is 0.204 e. The molecule has 1 aromatic carbocycles. The van der Waals surface area contributed by atoms with Gasteiger partial charge in [0, 0.05) is 17.3 Å². The quantitative estimate of drug-likeness (QED) is 0.879. The molecule has 0 unspecified atom stereocenters. The highest BCUT2D eigenvalue weighted by Crippen LogP contribution is 2.31. The van der Waals surface area contributed by atoms with Crippen molar-refractivity contribution in [2.75, 3.05) is 24.3 Å². The smallest absolute Gasteiger partial charge is 0.204 e. The van der Waals surface area contributed by atoms with Crippen LogP contribution >= 0.6 is 11.6 Å². The zero-order valence-electron chi connectivity index (χ0n) is 10.8. The molecule has 0 atom stereocenters. The van der Waals surface area contributed by atoms with Gasteiger partial charge in [-0.05, 0) is 31.2 Å². The lowest BCUT2D eigenvalue weighted by Gasteiger charge is -2.13. The number of anilines is 3. The minimum Gasteiger partial charge on any atom is -0.490 e. The average Bonchev–Trinajstić information content (AvgIpc) is 2.42. The van der Waals surface area contributed by atoms with Gasteiger partial charge in [-0.15, -0.1) is 0 Å². The first-order valence-electron chi connectivity index (χ1n) is 5.90. The van der Waals surface area contributed by atoms with E-state index in [2.05, 4.69) is 20.6 Å². The van der Waals surface area contributed by atoms with Gasteiger partial charge in [-0.3, -0.25) is 0 Å². The van der Waals surface area contributed by atoms with E-state index in [0.717, 1.165) is 12.2 Å². The summed E-state index contributed by atoms with van der Waals surface area (Å²) in [7, 11) is 1.59. The number of methoxy groups -OCH3 is 1. The first-order valence-corrected chi connectivity index (χ1v) is 6.27. The second-order valence-electron chi connectivity index (χ2n) is 3.77. The molecular weight excluding hydrogens is 264 g/mol. The second-order valence-corrected chi connectivity index (χ2v) is 4.20. The van der Waals surface area contributed by atoms with Crippen LogP contribution in [0.15, 0.2) is 30.6 Å². The standard InChI is InChI=1S/C13H15ClN4O/c1-3-15-12-11(19-2)13(17-8-16-12)18-10-6-4-9(14)5-7-10/h4-8H,3H2,1-2H3,(H2,15,16,17,18). The number of nitrogens with one attached hydrogen (secondary N) is 2. The van der Waals surface area contributed by atoms with Crippen LogP contribution in [0.5, 0.6) is 5.75 Å². The van der Waals surface area contributed by atoms with Crippen molar-refractivity contribution in [1.29, 1.82) is 0 Å². The lowest BCUT2D eigenvalue weighted by atomic mass is 10.3. The predicted molar refractivity (Wildman–Crippen MR) is 77.5 cm³/mol. The first kappa shape index (κ1) is 13.4. The maximum atomic E-state index is 5.85. The summed E-state index contributed by atoms with van der Waals surface area (Å²) in [6.45, 7) is 2.75. The van der Waals surface area contributed by atoms with Gasteiger partial charge in [0.05, 0.1) is 7.11 Å². The van der Waals surface area contributed by atoms with Gasteiger partial charge in [0.15, 0.2) is 11.6 Å². The molecule has 6 heteroatoms. The number of hydrogen-bond acceptors (Lipinski definition) is 5. The van der Waals surface area contributed by atoms with E-state index in [0.29, 0.717) is 22.4 Å². The second kappa shape index (κ2) is 6.24. The first-order chi connectivity index (χ1) is 9.24. The number of nitrogens with zero attached hydrogens (tertiary/aromatic N) is 2. The SMILES string of the molecule is CCNc1ncnc(Nc2ccc(Cl)cc2)c1OC. The van der Waals surface area contributed by atoms with Crippen molar-refractivity contribution < 1.29 is 4.74 Å². The molecule has 5 nitrogen and oxygen atoms in total.